The normalized spacial score (nSPS) is 19.2. The van der Waals surface area contributed by atoms with Gasteiger partial charge in [-0.15, -0.1) is 0 Å². The average molecular weight is 258 g/mol. The Labute approximate surface area is 113 Å². The van der Waals surface area contributed by atoms with Gasteiger partial charge in [0.05, 0.1) is 24.5 Å². The van der Waals surface area contributed by atoms with Crippen LogP contribution >= 0.6 is 0 Å². The molecule has 1 heterocycles. The Balaban J connectivity index is 2.36. The van der Waals surface area contributed by atoms with Gasteiger partial charge in [0, 0.05) is 12.2 Å². The second-order valence-electron chi connectivity index (χ2n) is 4.86. The van der Waals surface area contributed by atoms with Crippen molar-refractivity contribution in [3.63, 3.8) is 0 Å². The van der Waals surface area contributed by atoms with Crippen LogP contribution in [0, 0.1) is 11.3 Å². The highest BCUT2D eigenvalue weighted by molar-refractivity contribution is 6.04. The molecule has 4 heteroatoms. The molecule has 0 aliphatic carbocycles. The van der Waals surface area contributed by atoms with Crippen LogP contribution < -0.4 is 4.90 Å². The number of aliphatic hydroxyl groups is 1. The second-order valence-corrected chi connectivity index (χ2v) is 4.86. The minimum atomic E-state index is -0.485. The molecule has 1 aromatic rings. The third kappa shape index (κ3) is 2.34. The number of amides is 1. The van der Waals surface area contributed by atoms with E-state index >= 15 is 0 Å². The molecule has 1 aliphatic heterocycles. The minimum Gasteiger partial charge on any atom is -0.388 e. The molecule has 0 radical (unpaired) electrons. The van der Waals surface area contributed by atoms with Gasteiger partial charge < -0.3 is 10.0 Å². The predicted molar refractivity (Wildman–Crippen MR) is 72.7 cm³/mol. The Morgan fingerprint density at radius 2 is 2.26 bits per heavy atom. The lowest BCUT2D eigenvalue weighted by molar-refractivity contribution is -0.118. The van der Waals surface area contributed by atoms with E-state index < -0.39 is 6.10 Å². The molecule has 0 aromatic heterocycles. The number of hydrogen-bond acceptors (Lipinski definition) is 3. The summed E-state index contributed by atoms with van der Waals surface area (Å²) in [5, 5.41) is 18.5. The van der Waals surface area contributed by atoms with Crippen molar-refractivity contribution in [2.45, 2.75) is 38.7 Å². The molecule has 2 atom stereocenters. The largest absolute Gasteiger partial charge is 0.388 e. The number of hydrogen-bond donors (Lipinski definition) is 1. The van der Waals surface area contributed by atoms with Crippen LogP contribution in [-0.2, 0) is 4.79 Å². The van der Waals surface area contributed by atoms with Gasteiger partial charge in [0.1, 0.15) is 0 Å². The zero-order chi connectivity index (χ0) is 14.0. The van der Waals surface area contributed by atoms with E-state index in [2.05, 4.69) is 6.07 Å². The molecular weight excluding hydrogens is 240 g/mol. The number of nitrogens with zero attached hydrogens (tertiary/aromatic N) is 2. The minimum absolute atomic E-state index is 0.0355. The standard InChI is InChI=1S/C15H18N2O2/c1-3-14(18)11-5-6-13-12(9-11)10(2)15(19)17(13)8-4-7-16/h5-6,9-10,14,18H,3-4,8H2,1-2H3. The van der Waals surface area contributed by atoms with E-state index in [1.54, 1.807) is 4.90 Å². The Morgan fingerprint density at radius 1 is 1.53 bits per heavy atom. The number of rotatable bonds is 4. The van der Waals surface area contributed by atoms with Gasteiger partial charge in [0.2, 0.25) is 5.91 Å². The molecule has 1 N–H and O–H groups in total. The molecule has 2 rings (SSSR count). The van der Waals surface area contributed by atoms with Gasteiger partial charge >= 0.3 is 0 Å². The molecule has 19 heavy (non-hydrogen) atoms. The summed E-state index contributed by atoms with van der Waals surface area (Å²) in [7, 11) is 0. The fraction of sp³-hybridized carbons (Fsp3) is 0.467. The van der Waals surface area contributed by atoms with E-state index in [4.69, 9.17) is 5.26 Å². The van der Waals surface area contributed by atoms with Crippen molar-refractivity contribution in [3.05, 3.63) is 29.3 Å². The molecule has 1 amide bonds. The Morgan fingerprint density at radius 3 is 2.89 bits per heavy atom. The van der Waals surface area contributed by atoms with E-state index in [1.807, 2.05) is 32.0 Å². The van der Waals surface area contributed by atoms with Crippen LogP contribution in [0.15, 0.2) is 18.2 Å². The highest BCUT2D eigenvalue weighted by Gasteiger charge is 2.34. The average Bonchev–Trinajstić information content (AvgIpc) is 2.68. The predicted octanol–water partition coefficient (Wildman–Crippen LogP) is 2.49. The summed E-state index contributed by atoms with van der Waals surface area (Å²) in [4.78, 5) is 13.8. The van der Waals surface area contributed by atoms with Crippen molar-refractivity contribution in [3.8, 4) is 6.07 Å². The monoisotopic (exact) mass is 258 g/mol. The summed E-state index contributed by atoms with van der Waals surface area (Å²) >= 11 is 0. The molecule has 100 valence electrons. The third-order valence-corrected chi connectivity index (χ3v) is 3.66. The summed E-state index contributed by atoms with van der Waals surface area (Å²) in [6.45, 7) is 4.23. The highest BCUT2D eigenvalue weighted by Crippen LogP contribution is 2.38. The molecule has 1 aromatic carbocycles. The van der Waals surface area contributed by atoms with Crippen LogP contribution in [0.4, 0.5) is 5.69 Å². The van der Waals surface area contributed by atoms with Gasteiger partial charge in [-0.25, -0.2) is 0 Å². The lowest BCUT2D eigenvalue weighted by atomic mass is 9.98. The lowest BCUT2D eigenvalue weighted by Crippen LogP contribution is -2.28. The maximum absolute atomic E-state index is 12.2. The van der Waals surface area contributed by atoms with Crippen molar-refractivity contribution in [2.24, 2.45) is 0 Å². The molecule has 0 saturated carbocycles. The molecule has 0 spiro atoms. The SMILES string of the molecule is CCC(O)c1ccc2c(c1)C(C)C(=O)N2CCC#N. The van der Waals surface area contributed by atoms with Gasteiger partial charge in [-0.1, -0.05) is 19.1 Å². The van der Waals surface area contributed by atoms with Crippen LogP contribution in [0.25, 0.3) is 0 Å². The van der Waals surface area contributed by atoms with Gasteiger partial charge in [0.15, 0.2) is 0 Å². The van der Waals surface area contributed by atoms with Gasteiger partial charge in [0.25, 0.3) is 0 Å². The van der Waals surface area contributed by atoms with Crippen LogP contribution in [-0.4, -0.2) is 17.6 Å². The molecule has 2 unspecified atom stereocenters. The first-order valence-corrected chi connectivity index (χ1v) is 6.60. The zero-order valence-electron chi connectivity index (χ0n) is 11.3. The van der Waals surface area contributed by atoms with Crippen molar-refractivity contribution in [1.82, 2.24) is 0 Å². The number of carbonyl (C=O) groups is 1. The second kappa shape index (κ2) is 5.41. The van der Waals surface area contributed by atoms with E-state index in [0.29, 0.717) is 19.4 Å². The third-order valence-electron chi connectivity index (χ3n) is 3.66. The quantitative estimate of drug-likeness (QED) is 0.902. The molecular formula is C15H18N2O2. The Kier molecular flexibility index (Phi) is 3.87. The molecule has 0 fully saturated rings. The van der Waals surface area contributed by atoms with Gasteiger partial charge in [-0.3, -0.25) is 4.79 Å². The van der Waals surface area contributed by atoms with Crippen molar-refractivity contribution in [1.29, 1.82) is 5.26 Å². The first-order chi connectivity index (χ1) is 9.10. The topological polar surface area (TPSA) is 64.3 Å². The Bertz CT molecular complexity index is 533. The molecule has 4 nitrogen and oxygen atoms in total. The maximum atomic E-state index is 12.2. The summed E-state index contributed by atoms with van der Waals surface area (Å²) < 4.78 is 0. The molecule has 1 aliphatic rings. The first-order valence-electron chi connectivity index (χ1n) is 6.60. The fourth-order valence-corrected chi connectivity index (χ4v) is 2.49. The van der Waals surface area contributed by atoms with Crippen LogP contribution in [0.1, 0.15) is 49.8 Å². The van der Waals surface area contributed by atoms with Crippen molar-refractivity contribution in [2.75, 3.05) is 11.4 Å². The number of aliphatic hydroxyl groups excluding tert-OH is 1. The molecule has 0 saturated heterocycles. The van der Waals surface area contributed by atoms with E-state index in [9.17, 15) is 9.90 Å². The number of fused-ring (bicyclic) bond motifs is 1. The summed E-state index contributed by atoms with van der Waals surface area (Å²) in [5.74, 6) is -0.161. The Hall–Kier alpha value is -1.86. The zero-order valence-corrected chi connectivity index (χ0v) is 11.3. The van der Waals surface area contributed by atoms with Crippen LogP contribution in [0.5, 0.6) is 0 Å². The summed E-state index contributed by atoms with van der Waals surface area (Å²) in [5.41, 5.74) is 2.68. The summed E-state index contributed by atoms with van der Waals surface area (Å²) in [6.07, 6.45) is 0.497. The van der Waals surface area contributed by atoms with E-state index in [1.165, 1.54) is 0 Å². The van der Waals surface area contributed by atoms with E-state index in [-0.39, 0.29) is 11.8 Å². The summed E-state index contributed by atoms with van der Waals surface area (Å²) in [6, 6.07) is 7.72. The van der Waals surface area contributed by atoms with Gasteiger partial charge in [-0.2, -0.15) is 5.26 Å². The maximum Gasteiger partial charge on any atom is 0.234 e. The number of carbonyl (C=O) groups excluding carboxylic acids is 1. The highest BCUT2D eigenvalue weighted by atomic mass is 16.3. The number of anilines is 1. The van der Waals surface area contributed by atoms with Crippen molar-refractivity contribution >= 4 is 11.6 Å². The van der Waals surface area contributed by atoms with Crippen LogP contribution in [0.2, 0.25) is 0 Å². The van der Waals surface area contributed by atoms with Crippen molar-refractivity contribution < 1.29 is 9.90 Å². The smallest absolute Gasteiger partial charge is 0.234 e. The number of nitriles is 1. The first kappa shape index (κ1) is 13.6. The lowest BCUT2D eigenvalue weighted by Gasteiger charge is -2.16. The van der Waals surface area contributed by atoms with E-state index in [0.717, 1.165) is 16.8 Å². The molecule has 0 bridgehead atoms. The van der Waals surface area contributed by atoms with Crippen LogP contribution in [0.3, 0.4) is 0 Å². The fourth-order valence-electron chi connectivity index (χ4n) is 2.49. The van der Waals surface area contributed by atoms with Gasteiger partial charge in [-0.05, 0) is 30.5 Å². The number of benzene rings is 1.